The Morgan fingerprint density at radius 3 is 2.76 bits per heavy atom. The fourth-order valence-electron chi connectivity index (χ4n) is 1.39. The molecular weight excluding hydrogens is 225 g/mol. The van der Waals surface area contributed by atoms with Crippen molar-refractivity contribution in [3.63, 3.8) is 0 Å². The van der Waals surface area contributed by atoms with Crippen molar-refractivity contribution < 1.29 is 19.3 Å². The van der Waals surface area contributed by atoms with Crippen LogP contribution in [0, 0.1) is 5.82 Å². The van der Waals surface area contributed by atoms with Gasteiger partial charge < -0.3 is 20.3 Å². The van der Waals surface area contributed by atoms with Gasteiger partial charge in [0.15, 0.2) is 0 Å². The van der Waals surface area contributed by atoms with Crippen LogP contribution >= 0.6 is 0 Å². The van der Waals surface area contributed by atoms with Crippen LogP contribution in [0.1, 0.15) is 18.5 Å². The van der Waals surface area contributed by atoms with Gasteiger partial charge in [-0.2, -0.15) is 0 Å². The van der Waals surface area contributed by atoms with Gasteiger partial charge in [-0.15, -0.1) is 0 Å². The number of aliphatic hydroxyl groups is 2. The van der Waals surface area contributed by atoms with Gasteiger partial charge in [-0.3, -0.25) is 0 Å². The largest absolute Gasteiger partial charge is 0.490 e. The average Bonchev–Trinajstić information content (AvgIpc) is 2.35. The van der Waals surface area contributed by atoms with Crippen molar-refractivity contribution in [3.05, 3.63) is 29.6 Å². The molecule has 1 aromatic rings. The van der Waals surface area contributed by atoms with Crippen LogP contribution in [-0.2, 0) is 0 Å². The molecule has 96 valence electrons. The number of nitrogens with one attached hydrogen (secondary N) is 1. The Morgan fingerprint density at radius 2 is 2.18 bits per heavy atom. The zero-order chi connectivity index (χ0) is 12.8. The second-order valence-corrected chi connectivity index (χ2v) is 3.84. The first-order valence-electron chi connectivity index (χ1n) is 5.47. The van der Waals surface area contributed by atoms with Crippen molar-refractivity contribution in [3.8, 4) is 5.75 Å². The normalized spacial score (nSPS) is 14.4. The molecule has 0 fully saturated rings. The number of halogens is 1. The van der Waals surface area contributed by atoms with Crippen LogP contribution in [-0.4, -0.2) is 36.6 Å². The van der Waals surface area contributed by atoms with E-state index in [0.29, 0.717) is 5.75 Å². The molecule has 0 aromatic heterocycles. The number of hydrogen-bond donors (Lipinski definition) is 3. The van der Waals surface area contributed by atoms with E-state index in [1.807, 2.05) is 6.92 Å². The van der Waals surface area contributed by atoms with Gasteiger partial charge in [0.05, 0.1) is 6.61 Å². The second-order valence-electron chi connectivity index (χ2n) is 3.84. The summed E-state index contributed by atoms with van der Waals surface area (Å²) in [5.41, 5.74) is 0.805. The molecule has 5 heteroatoms. The van der Waals surface area contributed by atoms with E-state index in [2.05, 4.69) is 5.32 Å². The third-order valence-electron chi connectivity index (χ3n) is 2.52. The van der Waals surface area contributed by atoms with E-state index >= 15 is 0 Å². The van der Waals surface area contributed by atoms with E-state index in [-0.39, 0.29) is 19.3 Å². The smallest absolute Gasteiger partial charge is 0.127 e. The predicted molar refractivity (Wildman–Crippen MR) is 62.5 cm³/mol. The first-order valence-corrected chi connectivity index (χ1v) is 5.47. The highest BCUT2D eigenvalue weighted by molar-refractivity contribution is 5.36. The van der Waals surface area contributed by atoms with Crippen LogP contribution in [0.2, 0.25) is 0 Å². The third kappa shape index (κ3) is 3.96. The van der Waals surface area contributed by atoms with Crippen molar-refractivity contribution in [1.82, 2.24) is 5.32 Å². The van der Waals surface area contributed by atoms with E-state index < -0.39 is 11.9 Å². The van der Waals surface area contributed by atoms with E-state index in [4.69, 9.17) is 9.84 Å². The minimum Gasteiger partial charge on any atom is -0.490 e. The minimum absolute atomic E-state index is 0.0110. The Hall–Kier alpha value is -1.17. The molecule has 0 radical (unpaired) electrons. The van der Waals surface area contributed by atoms with Gasteiger partial charge in [-0.25, -0.2) is 4.39 Å². The molecule has 0 spiro atoms. The number of hydrogen-bond acceptors (Lipinski definition) is 4. The Morgan fingerprint density at radius 1 is 1.47 bits per heavy atom. The number of rotatable bonds is 6. The molecule has 1 rings (SSSR count). The molecule has 17 heavy (non-hydrogen) atoms. The van der Waals surface area contributed by atoms with Crippen molar-refractivity contribution in [2.75, 3.05) is 20.3 Å². The molecule has 0 amide bonds. The highest BCUT2D eigenvalue weighted by Crippen LogP contribution is 2.26. The van der Waals surface area contributed by atoms with Crippen molar-refractivity contribution >= 4 is 0 Å². The van der Waals surface area contributed by atoms with Crippen LogP contribution in [0.4, 0.5) is 4.39 Å². The molecule has 3 N–H and O–H groups in total. The Kier molecular flexibility index (Phi) is 5.34. The molecule has 0 aliphatic heterocycles. The summed E-state index contributed by atoms with van der Waals surface area (Å²) >= 11 is 0. The molecule has 0 aliphatic rings. The summed E-state index contributed by atoms with van der Waals surface area (Å²) in [5.74, 6) is -0.0232. The number of benzene rings is 1. The van der Waals surface area contributed by atoms with Crippen LogP contribution in [0.3, 0.4) is 0 Å². The van der Waals surface area contributed by atoms with Gasteiger partial charge in [-0.05, 0) is 20.0 Å². The molecule has 2 atom stereocenters. The molecule has 0 heterocycles. The highest BCUT2D eigenvalue weighted by atomic mass is 19.1. The van der Waals surface area contributed by atoms with Gasteiger partial charge in [0.2, 0.25) is 0 Å². The molecule has 1 aromatic carbocycles. The van der Waals surface area contributed by atoms with Crippen LogP contribution in [0.5, 0.6) is 5.75 Å². The van der Waals surface area contributed by atoms with Crippen molar-refractivity contribution in [1.29, 1.82) is 0 Å². The molecular formula is C12H18FNO3. The summed E-state index contributed by atoms with van der Waals surface area (Å²) in [6, 6.07) is 4.28. The highest BCUT2D eigenvalue weighted by Gasteiger charge is 2.12. The summed E-state index contributed by atoms with van der Waals surface area (Å²) in [4.78, 5) is 0. The lowest BCUT2D eigenvalue weighted by atomic mass is 10.1. The van der Waals surface area contributed by atoms with Gasteiger partial charge >= 0.3 is 0 Å². The summed E-state index contributed by atoms with van der Waals surface area (Å²) < 4.78 is 18.4. The third-order valence-corrected chi connectivity index (χ3v) is 2.52. The lowest BCUT2D eigenvalue weighted by molar-refractivity contribution is 0.0530. The fourth-order valence-corrected chi connectivity index (χ4v) is 1.39. The van der Waals surface area contributed by atoms with Gasteiger partial charge in [-0.1, -0.05) is 6.07 Å². The van der Waals surface area contributed by atoms with E-state index in [1.165, 1.54) is 12.1 Å². The molecule has 0 saturated carbocycles. The summed E-state index contributed by atoms with van der Waals surface area (Å²) in [6.07, 6.45) is -0.962. The molecule has 0 saturated heterocycles. The average molecular weight is 243 g/mol. The lowest BCUT2D eigenvalue weighted by Crippen LogP contribution is -2.22. The van der Waals surface area contributed by atoms with Crippen LogP contribution in [0.15, 0.2) is 18.2 Å². The fraction of sp³-hybridized carbons (Fsp3) is 0.500. The summed E-state index contributed by atoms with van der Waals surface area (Å²) in [7, 11) is 1.79. The topological polar surface area (TPSA) is 61.7 Å². The van der Waals surface area contributed by atoms with Crippen LogP contribution in [0.25, 0.3) is 0 Å². The number of aliphatic hydroxyl groups excluding tert-OH is 2. The van der Waals surface area contributed by atoms with Crippen molar-refractivity contribution in [2.24, 2.45) is 0 Å². The standard InChI is InChI=1S/C12H18FNO3/c1-8(14-2)11-4-3-9(13)5-12(11)17-7-10(16)6-15/h3-5,8,10,14-16H,6-7H2,1-2H3. The molecule has 0 aliphatic carbocycles. The molecule has 2 unspecified atom stereocenters. The Labute approximate surface area is 100 Å². The first-order chi connectivity index (χ1) is 8.08. The summed E-state index contributed by atoms with van der Waals surface area (Å²) in [5, 5.41) is 20.9. The Bertz CT molecular complexity index is 360. The van der Waals surface area contributed by atoms with Crippen molar-refractivity contribution in [2.45, 2.75) is 19.1 Å². The predicted octanol–water partition coefficient (Wildman–Crippen LogP) is 0.838. The van der Waals surface area contributed by atoms with Gasteiger partial charge in [0.1, 0.15) is 24.3 Å². The second kappa shape index (κ2) is 6.54. The zero-order valence-corrected chi connectivity index (χ0v) is 9.98. The minimum atomic E-state index is -0.962. The maximum Gasteiger partial charge on any atom is 0.127 e. The SMILES string of the molecule is CNC(C)c1ccc(F)cc1OCC(O)CO. The molecule has 0 bridgehead atoms. The monoisotopic (exact) mass is 243 g/mol. The van der Waals surface area contributed by atoms with Crippen LogP contribution < -0.4 is 10.1 Å². The number of ether oxygens (including phenoxy) is 1. The van der Waals surface area contributed by atoms with E-state index in [0.717, 1.165) is 5.56 Å². The van der Waals surface area contributed by atoms with E-state index in [9.17, 15) is 9.50 Å². The maximum absolute atomic E-state index is 13.1. The van der Waals surface area contributed by atoms with Gasteiger partial charge in [0.25, 0.3) is 0 Å². The first kappa shape index (κ1) is 13.9. The zero-order valence-electron chi connectivity index (χ0n) is 9.98. The molecule has 4 nitrogen and oxygen atoms in total. The lowest BCUT2D eigenvalue weighted by Gasteiger charge is -2.17. The van der Waals surface area contributed by atoms with Gasteiger partial charge in [0, 0.05) is 17.7 Å². The Balaban J connectivity index is 2.83. The summed E-state index contributed by atoms with van der Waals surface area (Å²) in [6.45, 7) is 1.47. The maximum atomic E-state index is 13.1. The quantitative estimate of drug-likeness (QED) is 0.693. The van der Waals surface area contributed by atoms with E-state index in [1.54, 1.807) is 13.1 Å².